The van der Waals surface area contributed by atoms with Crippen LogP contribution in [0.15, 0.2) is 22.7 Å². The Morgan fingerprint density at radius 1 is 1.41 bits per heavy atom. The number of aryl methyl sites for hydroxylation is 1. The van der Waals surface area contributed by atoms with Gasteiger partial charge in [-0.1, -0.05) is 28.9 Å². The SMILES string of the molecule is Cc1ccc(Br)cc1CCNCC(C)CCN. The highest BCUT2D eigenvalue weighted by atomic mass is 79.9. The maximum atomic E-state index is 5.53. The zero-order chi connectivity index (χ0) is 12.7. The van der Waals surface area contributed by atoms with Gasteiger partial charge < -0.3 is 11.1 Å². The lowest BCUT2D eigenvalue weighted by Gasteiger charge is -2.12. The highest BCUT2D eigenvalue weighted by molar-refractivity contribution is 9.10. The lowest BCUT2D eigenvalue weighted by Crippen LogP contribution is -2.25. The van der Waals surface area contributed by atoms with E-state index in [0.717, 1.165) is 36.9 Å². The number of nitrogens with one attached hydrogen (secondary N) is 1. The van der Waals surface area contributed by atoms with Crippen molar-refractivity contribution < 1.29 is 0 Å². The molecule has 0 aliphatic rings. The molecular weight excluding hydrogens is 276 g/mol. The van der Waals surface area contributed by atoms with E-state index in [-0.39, 0.29) is 0 Å². The van der Waals surface area contributed by atoms with E-state index < -0.39 is 0 Å². The van der Waals surface area contributed by atoms with Crippen LogP contribution < -0.4 is 11.1 Å². The van der Waals surface area contributed by atoms with Gasteiger partial charge in [-0.15, -0.1) is 0 Å². The van der Waals surface area contributed by atoms with E-state index >= 15 is 0 Å². The van der Waals surface area contributed by atoms with Gasteiger partial charge in [0, 0.05) is 4.47 Å². The molecule has 0 amide bonds. The molecule has 3 N–H and O–H groups in total. The van der Waals surface area contributed by atoms with Crippen LogP contribution in [0.4, 0.5) is 0 Å². The van der Waals surface area contributed by atoms with E-state index in [2.05, 4.69) is 53.3 Å². The van der Waals surface area contributed by atoms with Crippen molar-refractivity contribution in [3.05, 3.63) is 33.8 Å². The topological polar surface area (TPSA) is 38.0 Å². The van der Waals surface area contributed by atoms with Gasteiger partial charge in [-0.05, 0) is 68.6 Å². The Bertz CT molecular complexity index is 339. The Hall–Kier alpha value is -0.380. The van der Waals surface area contributed by atoms with Crippen molar-refractivity contribution in [2.75, 3.05) is 19.6 Å². The van der Waals surface area contributed by atoms with Crippen LogP contribution in [0.5, 0.6) is 0 Å². The fraction of sp³-hybridized carbons (Fsp3) is 0.571. The van der Waals surface area contributed by atoms with Crippen molar-refractivity contribution in [3.63, 3.8) is 0 Å². The van der Waals surface area contributed by atoms with E-state index in [4.69, 9.17) is 5.73 Å². The summed E-state index contributed by atoms with van der Waals surface area (Å²) in [6, 6.07) is 6.46. The molecule has 17 heavy (non-hydrogen) atoms. The van der Waals surface area contributed by atoms with E-state index in [0.29, 0.717) is 5.92 Å². The number of halogens is 1. The first-order chi connectivity index (χ1) is 8.13. The molecule has 1 atom stereocenters. The van der Waals surface area contributed by atoms with Crippen LogP contribution in [0.2, 0.25) is 0 Å². The molecular formula is C14H23BrN2. The minimum absolute atomic E-state index is 0.670. The summed E-state index contributed by atoms with van der Waals surface area (Å²) in [7, 11) is 0. The minimum Gasteiger partial charge on any atom is -0.330 e. The van der Waals surface area contributed by atoms with Crippen molar-refractivity contribution in [3.8, 4) is 0 Å². The van der Waals surface area contributed by atoms with Crippen molar-refractivity contribution in [2.45, 2.75) is 26.7 Å². The van der Waals surface area contributed by atoms with Gasteiger partial charge in [-0.25, -0.2) is 0 Å². The molecule has 96 valence electrons. The fourth-order valence-corrected chi connectivity index (χ4v) is 2.28. The van der Waals surface area contributed by atoms with Crippen LogP contribution in [0.3, 0.4) is 0 Å². The van der Waals surface area contributed by atoms with Crippen molar-refractivity contribution in [2.24, 2.45) is 11.7 Å². The highest BCUT2D eigenvalue weighted by Crippen LogP contribution is 2.16. The third kappa shape index (κ3) is 5.66. The molecule has 0 fully saturated rings. The molecule has 0 spiro atoms. The molecule has 1 aromatic carbocycles. The first kappa shape index (κ1) is 14.7. The Morgan fingerprint density at radius 3 is 2.88 bits per heavy atom. The molecule has 1 unspecified atom stereocenters. The first-order valence-corrected chi connectivity index (χ1v) is 7.08. The molecule has 0 aromatic heterocycles. The summed E-state index contributed by atoms with van der Waals surface area (Å²) in [6.07, 6.45) is 2.18. The molecule has 0 saturated carbocycles. The summed E-state index contributed by atoms with van der Waals surface area (Å²) in [6.45, 7) is 7.28. The van der Waals surface area contributed by atoms with Crippen molar-refractivity contribution >= 4 is 15.9 Å². The number of hydrogen-bond acceptors (Lipinski definition) is 2. The van der Waals surface area contributed by atoms with Gasteiger partial charge in [0.15, 0.2) is 0 Å². The summed E-state index contributed by atoms with van der Waals surface area (Å²) in [5.74, 6) is 0.670. The highest BCUT2D eigenvalue weighted by Gasteiger charge is 2.01. The van der Waals surface area contributed by atoms with Gasteiger partial charge in [-0.3, -0.25) is 0 Å². The van der Waals surface area contributed by atoms with Crippen molar-refractivity contribution in [1.82, 2.24) is 5.32 Å². The molecule has 0 bridgehead atoms. The number of rotatable bonds is 7. The predicted molar refractivity (Wildman–Crippen MR) is 78.3 cm³/mol. The molecule has 1 aromatic rings. The van der Waals surface area contributed by atoms with Gasteiger partial charge in [0.05, 0.1) is 0 Å². The molecule has 1 rings (SSSR count). The second-order valence-electron chi connectivity index (χ2n) is 4.71. The maximum absolute atomic E-state index is 5.53. The van der Waals surface area contributed by atoms with Crippen LogP contribution in [0.25, 0.3) is 0 Å². The molecule has 0 aliphatic heterocycles. The van der Waals surface area contributed by atoms with Gasteiger partial charge in [0.1, 0.15) is 0 Å². The Morgan fingerprint density at radius 2 is 2.18 bits per heavy atom. The van der Waals surface area contributed by atoms with Crippen LogP contribution in [0, 0.1) is 12.8 Å². The molecule has 0 aliphatic carbocycles. The quantitative estimate of drug-likeness (QED) is 0.760. The number of hydrogen-bond donors (Lipinski definition) is 2. The third-order valence-corrected chi connectivity index (χ3v) is 3.53. The predicted octanol–water partition coefficient (Wildman–Crippen LogP) is 2.87. The van der Waals surface area contributed by atoms with Gasteiger partial charge in [-0.2, -0.15) is 0 Å². The van der Waals surface area contributed by atoms with Crippen molar-refractivity contribution in [1.29, 1.82) is 0 Å². The second-order valence-corrected chi connectivity index (χ2v) is 5.62. The maximum Gasteiger partial charge on any atom is 0.0178 e. The van der Waals surface area contributed by atoms with E-state index in [1.54, 1.807) is 0 Å². The average Bonchev–Trinajstić information content (AvgIpc) is 2.29. The van der Waals surface area contributed by atoms with Crippen LogP contribution >= 0.6 is 15.9 Å². The molecule has 0 radical (unpaired) electrons. The summed E-state index contributed by atoms with van der Waals surface area (Å²) in [5.41, 5.74) is 8.31. The zero-order valence-electron chi connectivity index (χ0n) is 10.8. The third-order valence-electron chi connectivity index (χ3n) is 3.03. The standard InChI is InChI=1S/C14H23BrN2/c1-11(5-7-16)10-17-8-6-13-9-14(15)4-3-12(13)2/h3-4,9,11,17H,5-8,10,16H2,1-2H3. The van der Waals surface area contributed by atoms with E-state index in [1.165, 1.54) is 11.1 Å². The summed E-state index contributed by atoms with van der Waals surface area (Å²) in [4.78, 5) is 0. The first-order valence-electron chi connectivity index (χ1n) is 6.29. The van der Waals surface area contributed by atoms with Crippen LogP contribution in [-0.2, 0) is 6.42 Å². The van der Waals surface area contributed by atoms with Gasteiger partial charge in [0.25, 0.3) is 0 Å². The lowest BCUT2D eigenvalue weighted by molar-refractivity contribution is 0.489. The molecule has 0 heterocycles. The molecule has 0 saturated heterocycles. The number of benzene rings is 1. The Labute approximate surface area is 113 Å². The Kier molecular flexibility index (Phi) is 6.78. The van der Waals surface area contributed by atoms with Gasteiger partial charge >= 0.3 is 0 Å². The molecule has 2 nitrogen and oxygen atoms in total. The van der Waals surface area contributed by atoms with E-state index in [9.17, 15) is 0 Å². The summed E-state index contributed by atoms with van der Waals surface area (Å²) < 4.78 is 1.16. The minimum atomic E-state index is 0.670. The van der Waals surface area contributed by atoms with Gasteiger partial charge in [0.2, 0.25) is 0 Å². The Balaban J connectivity index is 2.28. The lowest BCUT2D eigenvalue weighted by atomic mass is 10.1. The average molecular weight is 299 g/mol. The van der Waals surface area contributed by atoms with E-state index in [1.807, 2.05) is 0 Å². The zero-order valence-corrected chi connectivity index (χ0v) is 12.4. The second kappa shape index (κ2) is 7.85. The number of nitrogens with two attached hydrogens (primary N) is 1. The summed E-state index contributed by atoms with van der Waals surface area (Å²) in [5, 5.41) is 3.49. The largest absolute Gasteiger partial charge is 0.330 e. The molecule has 3 heteroatoms. The normalized spacial score (nSPS) is 12.7. The monoisotopic (exact) mass is 298 g/mol. The smallest absolute Gasteiger partial charge is 0.0178 e. The fourth-order valence-electron chi connectivity index (χ4n) is 1.87. The van der Waals surface area contributed by atoms with Crippen LogP contribution in [0.1, 0.15) is 24.5 Å². The summed E-state index contributed by atoms with van der Waals surface area (Å²) >= 11 is 3.51. The van der Waals surface area contributed by atoms with Crippen LogP contribution in [-0.4, -0.2) is 19.6 Å².